The second-order valence-corrected chi connectivity index (χ2v) is 7.93. The van der Waals surface area contributed by atoms with Gasteiger partial charge in [0.1, 0.15) is 29.7 Å². The SMILES string of the molecule is COc1ccc(OCc2nc3ccccc3n2CCCCOc2ccc(C)c(C)c2)cc1. The molecule has 0 spiro atoms. The zero-order chi connectivity index (χ0) is 22.3. The Bertz CT molecular complexity index is 1170. The van der Waals surface area contributed by atoms with Crippen molar-refractivity contribution in [2.24, 2.45) is 0 Å². The van der Waals surface area contributed by atoms with Crippen molar-refractivity contribution in [3.8, 4) is 17.2 Å². The van der Waals surface area contributed by atoms with Crippen LogP contribution in [0.25, 0.3) is 11.0 Å². The molecule has 4 aromatic rings. The summed E-state index contributed by atoms with van der Waals surface area (Å²) in [5.41, 5.74) is 4.67. The van der Waals surface area contributed by atoms with Crippen LogP contribution in [0.3, 0.4) is 0 Å². The third-order valence-electron chi connectivity index (χ3n) is 5.68. The summed E-state index contributed by atoms with van der Waals surface area (Å²) < 4.78 is 19.4. The van der Waals surface area contributed by atoms with E-state index in [1.807, 2.05) is 42.5 Å². The van der Waals surface area contributed by atoms with E-state index in [-0.39, 0.29) is 0 Å². The molecule has 5 heteroatoms. The van der Waals surface area contributed by atoms with Crippen LogP contribution < -0.4 is 14.2 Å². The summed E-state index contributed by atoms with van der Waals surface area (Å²) in [4.78, 5) is 4.81. The second kappa shape index (κ2) is 10.2. The quantitative estimate of drug-likeness (QED) is 0.285. The fourth-order valence-corrected chi connectivity index (χ4v) is 3.67. The van der Waals surface area contributed by atoms with Gasteiger partial charge >= 0.3 is 0 Å². The van der Waals surface area contributed by atoms with Gasteiger partial charge in [-0.05, 0) is 86.3 Å². The number of aryl methyl sites for hydroxylation is 3. The topological polar surface area (TPSA) is 45.5 Å². The van der Waals surface area contributed by atoms with Crippen LogP contribution in [0.5, 0.6) is 17.2 Å². The number of hydrogen-bond acceptors (Lipinski definition) is 4. The Balaban J connectivity index is 1.36. The van der Waals surface area contributed by atoms with Gasteiger partial charge in [-0.25, -0.2) is 4.98 Å². The van der Waals surface area contributed by atoms with Crippen molar-refractivity contribution < 1.29 is 14.2 Å². The highest BCUT2D eigenvalue weighted by Gasteiger charge is 2.11. The Morgan fingerprint density at radius 2 is 1.53 bits per heavy atom. The molecular formula is C27H30N2O3. The number of unbranched alkanes of at least 4 members (excludes halogenated alkanes) is 1. The summed E-state index contributed by atoms with van der Waals surface area (Å²) in [5.74, 6) is 3.48. The van der Waals surface area contributed by atoms with Crippen molar-refractivity contribution in [2.75, 3.05) is 13.7 Å². The van der Waals surface area contributed by atoms with Gasteiger partial charge in [-0.3, -0.25) is 0 Å². The number of benzene rings is 3. The molecule has 0 fully saturated rings. The van der Waals surface area contributed by atoms with Crippen molar-refractivity contribution in [2.45, 2.75) is 39.8 Å². The summed E-state index contributed by atoms with van der Waals surface area (Å²) in [6.45, 7) is 6.22. The molecule has 0 atom stereocenters. The lowest BCUT2D eigenvalue weighted by molar-refractivity contribution is 0.284. The van der Waals surface area contributed by atoms with Crippen LogP contribution in [-0.2, 0) is 13.2 Å². The molecule has 3 aromatic carbocycles. The fourth-order valence-electron chi connectivity index (χ4n) is 3.67. The van der Waals surface area contributed by atoms with E-state index in [9.17, 15) is 0 Å². The maximum absolute atomic E-state index is 6.00. The van der Waals surface area contributed by atoms with Gasteiger partial charge in [0.25, 0.3) is 0 Å². The Morgan fingerprint density at radius 3 is 2.31 bits per heavy atom. The van der Waals surface area contributed by atoms with Crippen molar-refractivity contribution >= 4 is 11.0 Å². The minimum atomic E-state index is 0.417. The summed E-state index contributed by atoms with van der Waals surface area (Å²) >= 11 is 0. The lowest BCUT2D eigenvalue weighted by Crippen LogP contribution is -2.09. The first-order chi connectivity index (χ1) is 15.6. The molecule has 5 nitrogen and oxygen atoms in total. The van der Waals surface area contributed by atoms with E-state index in [4.69, 9.17) is 19.2 Å². The van der Waals surface area contributed by atoms with E-state index in [2.05, 4.69) is 42.7 Å². The van der Waals surface area contributed by atoms with Crippen molar-refractivity contribution in [3.05, 3.63) is 83.7 Å². The molecule has 0 saturated carbocycles. The Morgan fingerprint density at radius 1 is 0.781 bits per heavy atom. The zero-order valence-corrected chi connectivity index (χ0v) is 19.0. The van der Waals surface area contributed by atoms with E-state index >= 15 is 0 Å². The van der Waals surface area contributed by atoms with Crippen LogP contribution in [0.2, 0.25) is 0 Å². The number of rotatable bonds is 10. The highest BCUT2D eigenvalue weighted by Crippen LogP contribution is 2.21. The molecule has 166 valence electrons. The molecule has 32 heavy (non-hydrogen) atoms. The first-order valence-corrected chi connectivity index (χ1v) is 11.0. The third-order valence-corrected chi connectivity index (χ3v) is 5.68. The van der Waals surface area contributed by atoms with E-state index in [0.29, 0.717) is 13.2 Å². The molecule has 1 aromatic heterocycles. The minimum Gasteiger partial charge on any atom is -0.497 e. The lowest BCUT2D eigenvalue weighted by atomic mass is 10.1. The van der Waals surface area contributed by atoms with Crippen LogP contribution in [0.1, 0.15) is 29.8 Å². The Hall–Kier alpha value is -3.47. The molecule has 0 aliphatic heterocycles. The van der Waals surface area contributed by atoms with E-state index in [0.717, 1.165) is 53.5 Å². The van der Waals surface area contributed by atoms with Gasteiger partial charge < -0.3 is 18.8 Å². The summed E-state index contributed by atoms with van der Waals surface area (Å²) in [5, 5.41) is 0. The van der Waals surface area contributed by atoms with Gasteiger partial charge in [-0.2, -0.15) is 0 Å². The smallest absolute Gasteiger partial charge is 0.147 e. The predicted octanol–water partition coefficient (Wildman–Crippen LogP) is 6.10. The molecule has 0 N–H and O–H groups in total. The van der Waals surface area contributed by atoms with Gasteiger partial charge in [0.15, 0.2) is 0 Å². The highest BCUT2D eigenvalue weighted by molar-refractivity contribution is 5.75. The van der Waals surface area contributed by atoms with E-state index in [1.54, 1.807) is 7.11 Å². The van der Waals surface area contributed by atoms with Gasteiger partial charge in [0.2, 0.25) is 0 Å². The zero-order valence-electron chi connectivity index (χ0n) is 19.0. The number of methoxy groups -OCH3 is 1. The second-order valence-electron chi connectivity index (χ2n) is 7.93. The molecule has 0 saturated heterocycles. The van der Waals surface area contributed by atoms with Crippen molar-refractivity contribution in [1.29, 1.82) is 0 Å². The molecule has 0 radical (unpaired) electrons. The van der Waals surface area contributed by atoms with Gasteiger partial charge in [0.05, 0.1) is 24.8 Å². The average molecular weight is 431 g/mol. The molecule has 1 heterocycles. The number of ether oxygens (including phenoxy) is 3. The molecule has 0 unspecified atom stereocenters. The molecule has 0 bridgehead atoms. The van der Waals surface area contributed by atoms with Crippen molar-refractivity contribution in [3.63, 3.8) is 0 Å². The molecule has 4 rings (SSSR count). The molecule has 0 aliphatic rings. The van der Waals surface area contributed by atoms with Crippen molar-refractivity contribution in [1.82, 2.24) is 9.55 Å². The molecule has 0 aliphatic carbocycles. The average Bonchev–Trinajstić information content (AvgIpc) is 3.17. The summed E-state index contributed by atoms with van der Waals surface area (Å²) in [6.07, 6.45) is 1.97. The normalized spacial score (nSPS) is 11.0. The molecule has 0 amide bonds. The number of fused-ring (bicyclic) bond motifs is 1. The van der Waals surface area contributed by atoms with Crippen LogP contribution >= 0.6 is 0 Å². The predicted molar refractivity (Wildman–Crippen MR) is 128 cm³/mol. The lowest BCUT2D eigenvalue weighted by Gasteiger charge is -2.12. The number of hydrogen-bond donors (Lipinski definition) is 0. The number of imidazole rings is 1. The largest absolute Gasteiger partial charge is 0.497 e. The van der Waals surface area contributed by atoms with Gasteiger partial charge in [0, 0.05) is 6.54 Å². The van der Waals surface area contributed by atoms with Gasteiger partial charge in [-0.15, -0.1) is 0 Å². The van der Waals surface area contributed by atoms with E-state index in [1.165, 1.54) is 11.1 Å². The maximum Gasteiger partial charge on any atom is 0.147 e. The third kappa shape index (κ3) is 5.22. The Labute approximate surface area is 189 Å². The van der Waals surface area contributed by atoms with Crippen LogP contribution in [-0.4, -0.2) is 23.3 Å². The highest BCUT2D eigenvalue weighted by atomic mass is 16.5. The Kier molecular flexibility index (Phi) is 6.95. The van der Waals surface area contributed by atoms with E-state index < -0.39 is 0 Å². The van der Waals surface area contributed by atoms with Crippen LogP contribution in [0, 0.1) is 13.8 Å². The summed E-state index contributed by atoms with van der Waals surface area (Å²) in [7, 11) is 1.66. The van der Waals surface area contributed by atoms with Gasteiger partial charge in [-0.1, -0.05) is 18.2 Å². The minimum absolute atomic E-state index is 0.417. The maximum atomic E-state index is 6.00. The number of para-hydroxylation sites is 2. The fraction of sp³-hybridized carbons (Fsp3) is 0.296. The monoisotopic (exact) mass is 430 g/mol. The van der Waals surface area contributed by atoms with Crippen LogP contribution in [0.15, 0.2) is 66.7 Å². The first-order valence-electron chi connectivity index (χ1n) is 11.0. The molecular weight excluding hydrogens is 400 g/mol. The standard InChI is InChI=1S/C27H30N2O3/c1-20-10-11-24(18-21(20)2)31-17-7-6-16-29-26-9-5-4-8-25(26)28-27(29)19-32-23-14-12-22(30-3)13-15-23/h4-5,8-15,18H,6-7,16-17,19H2,1-3H3. The van der Waals surface area contributed by atoms with Crippen LogP contribution in [0.4, 0.5) is 0 Å². The first kappa shape index (κ1) is 21.8. The number of aromatic nitrogens is 2. The summed E-state index contributed by atoms with van der Waals surface area (Å²) in [6, 6.07) is 22.1. The number of nitrogens with zero attached hydrogens (tertiary/aromatic N) is 2.